The van der Waals surface area contributed by atoms with Gasteiger partial charge >= 0.3 is 0 Å². The van der Waals surface area contributed by atoms with Crippen LogP contribution in [0.2, 0.25) is 10.0 Å². The molecule has 1 atom stereocenters. The lowest BCUT2D eigenvalue weighted by Gasteiger charge is -2.13. The van der Waals surface area contributed by atoms with Gasteiger partial charge in [0, 0.05) is 9.30 Å². The summed E-state index contributed by atoms with van der Waals surface area (Å²) in [6, 6.07) is 12.1. The molecule has 100 valence electrons. The molecule has 0 aromatic heterocycles. The monoisotopic (exact) mass is 420 g/mol. The number of hydrogen-bond acceptors (Lipinski definition) is 0. The van der Waals surface area contributed by atoms with Crippen LogP contribution in [0.1, 0.15) is 21.5 Å². The van der Waals surface area contributed by atoms with E-state index in [1.165, 1.54) is 11.1 Å². The van der Waals surface area contributed by atoms with Crippen molar-refractivity contribution in [3.8, 4) is 0 Å². The molecule has 2 rings (SSSR count). The van der Waals surface area contributed by atoms with Gasteiger partial charge in [0.2, 0.25) is 0 Å². The summed E-state index contributed by atoms with van der Waals surface area (Å²) in [4.78, 5) is 0.236. The Morgan fingerprint density at radius 2 is 1.79 bits per heavy atom. The molecule has 0 heterocycles. The van der Waals surface area contributed by atoms with Crippen molar-refractivity contribution >= 4 is 55.1 Å². The normalized spacial score (nSPS) is 12.5. The maximum absolute atomic E-state index is 6.04. The largest absolute Gasteiger partial charge is 0.0835 e. The summed E-state index contributed by atoms with van der Waals surface area (Å²) in [6.45, 7) is 2.08. The van der Waals surface area contributed by atoms with Crippen molar-refractivity contribution in [3.05, 3.63) is 67.6 Å². The predicted octanol–water partition coefficient (Wildman–Crippen LogP) is 6.74. The maximum atomic E-state index is 6.04. The van der Waals surface area contributed by atoms with E-state index in [1.807, 2.05) is 18.2 Å². The highest BCUT2D eigenvalue weighted by atomic mass is 79.9. The average molecular weight is 423 g/mol. The van der Waals surface area contributed by atoms with Gasteiger partial charge in [-0.15, -0.1) is 0 Å². The molecule has 2 aromatic carbocycles. The van der Waals surface area contributed by atoms with E-state index in [0.717, 1.165) is 16.5 Å². The molecular weight excluding hydrogens is 411 g/mol. The molecule has 0 radical (unpaired) electrons. The average Bonchev–Trinajstić information content (AvgIpc) is 2.33. The highest BCUT2D eigenvalue weighted by Crippen LogP contribution is 2.34. The number of rotatable bonds is 3. The standard InChI is InChI=1S/C15H12Br2Cl2/c1-9-2-4-11(12(16)6-9)13(17)7-10-3-5-14(18)15(19)8-10/h2-6,8,13H,7H2,1H3. The smallest absolute Gasteiger partial charge is 0.0595 e. The SMILES string of the molecule is Cc1ccc(C(Br)Cc2ccc(Cl)c(Cl)c2)c(Br)c1. The Balaban J connectivity index is 2.20. The predicted molar refractivity (Wildman–Crippen MR) is 90.7 cm³/mol. The third-order valence-electron chi connectivity index (χ3n) is 2.89. The summed E-state index contributed by atoms with van der Waals surface area (Å²) < 4.78 is 1.12. The number of halogens is 4. The summed E-state index contributed by atoms with van der Waals surface area (Å²) in [5.41, 5.74) is 3.63. The highest BCUT2D eigenvalue weighted by Gasteiger charge is 2.12. The fourth-order valence-electron chi connectivity index (χ4n) is 1.87. The van der Waals surface area contributed by atoms with Gasteiger partial charge in [0.25, 0.3) is 0 Å². The van der Waals surface area contributed by atoms with Crippen LogP contribution in [0.15, 0.2) is 40.9 Å². The molecule has 0 bridgehead atoms. The Labute approximate surface area is 140 Å². The first-order chi connectivity index (χ1) is 8.97. The van der Waals surface area contributed by atoms with Crippen LogP contribution in [-0.4, -0.2) is 0 Å². The van der Waals surface area contributed by atoms with Gasteiger partial charge in [-0.2, -0.15) is 0 Å². The molecule has 0 fully saturated rings. The summed E-state index contributed by atoms with van der Waals surface area (Å²) >= 11 is 19.3. The lowest BCUT2D eigenvalue weighted by Crippen LogP contribution is -1.97. The van der Waals surface area contributed by atoms with Gasteiger partial charge in [-0.3, -0.25) is 0 Å². The number of hydrogen-bond donors (Lipinski definition) is 0. The second kappa shape index (κ2) is 6.62. The van der Waals surface area contributed by atoms with Crippen LogP contribution >= 0.6 is 55.1 Å². The van der Waals surface area contributed by atoms with Crippen LogP contribution in [0.4, 0.5) is 0 Å². The first-order valence-electron chi connectivity index (χ1n) is 5.81. The Bertz CT molecular complexity index is 597. The van der Waals surface area contributed by atoms with Crippen LogP contribution in [-0.2, 0) is 6.42 Å². The second-order valence-electron chi connectivity index (χ2n) is 4.45. The third-order valence-corrected chi connectivity index (χ3v) is 5.14. The van der Waals surface area contributed by atoms with Gasteiger partial charge in [-0.05, 0) is 48.2 Å². The van der Waals surface area contributed by atoms with Crippen molar-refractivity contribution in [1.29, 1.82) is 0 Å². The van der Waals surface area contributed by atoms with E-state index >= 15 is 0 Å². The van der Waals surface area contributed by atoms with E-state index in [0.29, 0.717) is 10.0 Å². The van der Waals surface area contributed by atoms with Gasteiger partial charge in [-0.25, -0.2) is 0 Å². The Hall–Kier alpha value is -0.0200. The lowest BCUT2D eigenvalue weighted by atomic mass is 10.0. The molecular formula is C15H12Br2Cl2. The van der Waals surface area contributed by atoms with E-state index in [1.54, 1.807) is 0 Å². The van der Waals surface area contributed by atoms with Crippen molar-refractivity contribution < 1.29 is 0 Å². The molecule has 0 saturated carbocycles. The molecule has 0 N–H and O–H groups in total. The van der Waals surface area contributed by atoms with Gasteiger partial charge < -0.3 is 0 Å². The molecule has 0 spiro atoms. The Morgan fingerprint density at radius 3 is 2.42 bits per heavy atom. The van der Waals surface area contributed by atoms with Crippen LogP contribution in [0, 0.1) is 6.92 Å². The maximum Gasteiger partial charge on any atom is 0.0595 e. The van der Waals surface area contributed by atoms with Gasteiger partial charge in [0.1, 0.15) is 0 Å². The van der Waals surface area contributed by atoms with Crippen LogP contribution in [0.5, 0.6) is 0 Å². The quantitative estimate of drug-likeness (QED) is 0.480. The van der Waals surface area contributed by atoms with E-state index in [9.17, 15) is 0 Å². The van der Waals surface area contributed by atoms with Crippen molar-refractivity contribution in [1.82, 2.24) is 0 Å². The molecule has 0 aliphatic carbocycles. The van der Waals surface area contributed by atoms with Crippen LogP contribution < -0.4 is 0 Å². The fraction of sp³-hybridized carbons (Fsp3) is 0.200. The zero-order valence-corrected chi connectivity index (χ0v) is 14.9. The minimum atomic E-state index is 0.236. The van der Waals surface area contributed by atoms with Crippen molar-refractivity contribution in [3.63, 3.8) is 0 Å². The first kappa shape index (κ1) is 15.4. The van der Waals surface area contributed by atoms with Crippen LogP contribution in [0.25, 0.3) is 0 Å². The van der Waals surface area contributed by atoms with Crippen molar-refractivity contribution in [2.45, 2.75) is 18.2 Å². The van der Waals surface area contributed by atoms with E-state index in [4.69, 9.17) is 23.2 Å². The summed E-state index contributed by atoms with van der Waals surface area (Å²) in [6.07, 6.45) is 0.860. The minimum Gasteiger partial charge on any atom is -0.0835 e. The molecule has 0 aliphatic heterocycles. The van der Waals surface area contributed by atoms with Crippen LogP contribution in [0.3, 0.4) is 0 Å². The van der Waals surface area contributed by atoms with E-state index < -0.39 is 0 Å². The number of aryl methyl sites for hydroxylation is 1. The molecule has 2 aromatic rings. The Morgan fingerprint density at radius 1 is 1.05 bits per heavy atom. The zero-order valence-electron chi connectivity index (χ0n) is 10.3. The Kier molecular flexibility index (Phi) is 5.36. The van der Waals surface area contributed by atoms with Gasteiger partial charge in [0.15, 0.2) is 0 Å². The van der Waals surface area contributed by atoms with Crippen molar-refractivity contribution in [2.24, 2.45) is 0 Å². The third kappa shape index (κ3) is 3.98. The summed E-state index contributed by atoms with van der Waals surface area (Å²) in [7, 11) is 0. The fourth-order valence-corrected chi connectivity index (χ4v) is 4.04. The minimum absolute atomic E-state index is 0.236. The molecule has 19 heavy (non-hydrogen) atoms. The molecule has 4 heteroatoms. The highest BCUT2D eigenvalue weighted by molar-refractivity contribution is 9.11. The topological polar surface area (TPSA) is 0 Å². The zero-order chi connectivity index (χ0) is 14.0. The first-order valence-corrected chi connectivity index (χ1v) is 8.28. The van der Waals surface area contributed by atoms with Gasteiger partial charge in [0.05, 0.1) is 10.0 Å². The number of alkyl halides is 1. The molecule has 0 nitrogen and oxygen atoms in total. The van der Waals surface area contributed by atoms with Crippen molar-refractivity contribution in [2.75, 3.05) is 0 Å². The summed E-state index contributed by atoms with van der Waals surface area (Å²) in [5, 5.41) is 1.19. The van der Waals surface area contributed by atoms with Gasteiger partial charge in [-0.1, -0.05) is 73.3 Å². The number of benzene rings is 2. The molecule has 0 saturated heterocycles. The lowest BCUT2D eigenvalue weighted by molar-refractivity contribution is 0.942. The molecule has 0 amide bonds. The summed E-state index contributed by atoms with van der Waals surface area (Å²) in [5.74, 6) is 0. The van der Waals surface area contributed by atoms with E-state index in [-0.39, 0.29) is 4.83 Å². The molecule has 0 aliphatic rings. The van der Waals surface area contributed by atoms with E-state index in [2.05, 4.69) is 57.0 Å². The molecule has 1 unspecified atom stereocenters. The second-order valence-corrected chi connectivity index (χ2v) is 7.22.